The fourth-order valence-electron chi connectivity index (χ4n) is 6.99. The van der Waals surface area contributed by atoms with E-state index in [1.54, 1.807) is 28.8 Å². The molecule has 55 heavy (non-hydrogen) atoms. The predicted molar refractivity (Wildman–Crippen MR) is 203 cm³/mol. The largest absolute Gasteiger partial charge is 0.484 e. The molecule has 280 valence electrons. The first kappa shape index (κ1) is 37.4. The normalized spacial score (nSPS) is 16.3. The summed E-state index contributed by atoms with van der Waals surface area (Å²) in [5.74, 6) is -0.0156. The van der Waals surface area contributed by atoms with Crippen LogP contribution in [0.5, 0.6) is 11.8 Å². The molecule has 0 radical (unpaired) electrons. The molecule has 2 aromatic heterocycles. The molecule has 0 bridgehead atoms. The van der Waals surface area contributed by atoms with E-state index in [0.29, 0.717) is 11.3 Å². The number of carbonyl (C=O) groups excluding carboxylic acids is 1. The zero-order valence-electron chi connectivity index (χ0n) is 29.6. The molecular weight excluding hydrogens is 721 g/mol. The number of benzene rings is 4. The summed E-state index contributed by atoms with van der Waals surface area (Å²) in [7, 11) is -4.60. The molecule has 1 aliphatic rings. The van der Waals surface area contributed by atoms with Crippen molar-refractivity contribution in [3.8, 4) is 17.8 Å². The Morgan fingerprint density at radius 2 is 1.45 bits per heavy atom. The monoisotopic (exact) mass is 759 g/mol. The average molecular weight is 760 g/mol. The van der Waals surface area contributed by atoms with E-state index >= 15 is 0 Å². The van der Waals surface area contributed by atoms with Crippen LogP contribution in [0.3, 0.4) is 0 Å². The zero-order chi connectivity index (χ0) is 38.3. The number of carbonyl (C=O) groups is 1. The number of hydrogen-bond donors (Lipinski definition) is 3. The molecule has 3 heterocycles. The summed E-state index contributed by atoms with van der Waals surface area (Å²) >= 11 is 0. The quantitative estimate of drug-likeness (QED) is 0.0721. The molecule has 1 fully saturated rings. The van der Waals surface area contributed by atoms with Crippen LogP contribution in [0.25, 0.3) is 11.2 Å². The minimum Gasteiger partial charge on any atom is -0.484 e. The lowest BCUT2D eigenvalue weighted by molar-refractivity contribution is -0.130. The summed E-state index contributed by atoms with van der Waals surface area (Å²) in [4.78, 5) is 49.3. The topological polar surface area (TPSA) is 185 Å². The number of nitrogens with zero attached hydrogens (tertiary/aromatic N) is 6. The third-order valence-corrected chi connectivity index (χ3v) is 10.0. The Bertz CT molecular complexity index is 2210. The van der Waals surface area contributed by atoms with Crippen molar-refractivity contribution in [2.45, 2.75) is 24.3 Å². The molecule has 1 aliphatic heterocycles. The molecule has 0 unspecified atom stereocenters. The first-order chi connectivity index (χ1) is 26.7. The summed E-state index contributed by atoms with van der Waals surface area (Å²) in [6.07, 6.45) is -1.03. The van der Waals surface area contributed by atoms with Crippen LogP contribution in [0.15, 0.2) is 128 Å². The second-order valence-corrected chi connectivity index (χ2v) is 14.5. The number of para-hydroxylation sites is 1. The number of rotatable bonds is 14. The maximum absolute atomic E-state index is 12.9. The Hall–Kier alpha value is -5.94. The van der Waals surface area contributed by atoms with Gasteiger partial charge in [-0.05, 0) is 28.8 Å². The smallest absolute Gasteiger partial charge is 0.328 e. The van der Waals surface area contributed by atoms with Gasteiger partial charge in [-0.2, -0.15) is 15.2 Å². The van der Waals surface area contributed by atoms with Crippen molar-refractivity contribution in [1.82, 2.24) is 24.4 Å². The van der Waals surface area contributed by atoms with E-state index < -0.39 is 37.5 Å². The number of anilines is 1. The Labute approximate surface area is 317 Å². The molecule has 7 rings (SSSR count). The standard InChI is InChI=1S/C40H38N7O7P/c41-22-13-23-52-39-43-34-24-42-38(44-35(48)27-53-32-20-11-4-12-21-32)45-37(34)47(39)36-26-46(25-33(54-36)28-55(49,50)51)40(29-14-5-1-6-15-29,30-16-7-2-8-17-30)31-18-9-3-10-19-31/h1-12,14-21,24,33,36H,13,23,25-28H2,(H2,49,50,51)(H,42,44,45,48)/t33-,36+/m0/s1. The number of nitrogens with one attached hydrogen (secondary N) is 1. The van der Waals surface area contributed by atoms with E-state index in [1.807, 2.05) is 97.1 Å². The molecule has 1 saturated heterocycles. The first-order valence-electron chi connectivity index (χ1n) is 17.6. The number of ether oxygens (including phenoxy) is 3. The lowest BCUT2D eigenvalue weighted by atomic mass is 9.75. The maximum atomic E-state index is 12.9. The number of hydrogen-bond acceptors (Lipinski definition) is 10. The van der Waals surface area contributed by atoms with Gasteiger partial charge in [0.05, 0.1) is 36.5 Å². The van der Waals surface area contributed by atoms with E-state index in [9.17, 15) is 24.4 Å². The van der Waals surface area contributed by atoms with Crippen molar-refractivity contribution < 1.29 is 33.4 Å². The van der Waals surface area contributed by atoms with Gasteiger partial charge in [0.15, 0.2) is 18.5 Å². The van der Waals surface area contributed by atoms with Gasteiger partial charge in [0.1, 0.15) is 17.9 Å². The lowest BCUT2D eigenvalue weighted by Gasteiger charge is -2.50. The molecule has 3 N–H and O–H groups in total. The molecular formula is C40H38N7O7P. The number of morpholine rings is 1. The number of amides is 1. The van der Waals surface area contributed by atoms with Gasteiger partial charge in [0.2, 0.25) is 5.95 Å². The summed E-state index contributed by atoms with van der Waals surface area (Å²) in [6.45, 7) is -0.00123. The highest BCUT2D eigenvalue weighted by Crippen LogP contribution is 2.47. The molecule has 6 aromatic rings. The van der Waals surface area contributed by atoms with Crippen LogP contribution in [-0.2, 0) is 19.6 Å². The molecule has 15 heteroatoms. The summed E-state index contributed by atoms with van der Waals surface area (Å²) < 4.78 is 32.5. The molecule has 1 amide bonds. The van der Waals surface area contributed by atoms with Crippen LogP contribution in [0, 0.1) is 11.3 Å². The van der Waals surface area contributed by atoms with Crippen molar-refractivity contribution in [2.24, 2.45) is 0 Å². The molecule has 14 nitrogen and oxygen atoms in total. The molecule has 0 saturated carbocycles. The van der Waals surface area contributed by atoms with Crippen LogP contribution >= 0.6 is 7.60 Å². The molecule has 4 aromatic carbocycles. The van der Waals surface area contributed by atoms with Gasteiger partial charge in [-0.25, -0.2) is 9.55 Å². The highest BCUT2D eigenvalue weighted by molar-refractivity contribution is 7.51. The zero-order valence-corrected chi connectivity index (χ0v) is 30.5. The second kappa shape index (κ2) is 16.6. The van der Waals surface area contributed by atoms with Crippen LogP contribution < -0.4 is 14.8 Å². The van der Waals surface area contributed by atoms with Crippen molar-refractivity contribution >= 4 is 30.6 Å². The van der Waals surface area contributed by atoms with Crippen molar-refractivity contribution in [1.29, 1.82) is 5.26 Å². The highest BCUT2D eigenvalue weighted by atomic mass is 31.2. The van der Waals surface area contributed by atoms with Gasteiger partial charge in [-0.3, -0.25) is 19.6 Å². The Kier molecular flexibility index (Phi) is 11.3. The van der Waals surface area contributed by atoms with Gasteiger partial charge >= 0.3 is 13.6 Å². The van der Waals surface area contributed by atoms with Crippen molar-refractivity contribution in [2.75, 3.05) is 37.8 Å². The predicted octanol–water partition coefficient (Wildman–Crippen LogP) is 5.51. The fourth-order valence-corrected chi connectivity index (χ4v) is 7.72. The van der Waals surface area contributed by atoms with E-state index in [2.05, 4.69) is 31.2 Å². The van der Waals surface area contributed by atoms with E-state index in [1.165, 1.54) is 6.20 Å². The van der Waals surface area contributed by atoms with Crippen molar-refractivity contribution in [3.63, 3.8) is 0 Å². The summed E-state index contributed by atoms with van der Waals surface area (Å²) in [5.41, 5.74) is 2.34. The molecule has 0 spiro atoms. The van der Waals surface area contributed by atoms with Gasteiger partial charge in [0, 0.05) is 13.1 Å². The van der Waals surface area contributed by atoms with Gasteiger partial charge in [-0.15, -0.1) is 0 Å². The number of nitriles is 1. The fraction of sp³-hybridized carbons (Fsp3) is 0.225. The second-order valence-electron chi connectivity index (χ2n) is 12.8. The van der Waals surface area contributed by atoms with Gasteiger partial charge in [-0.1, -0.05) is 109 Å². The minimum absolute atomic E-state index is 0.00199. The van der Waals surface area contributed by atoms with Crippen LogP contribution in [0.2, 0.25) is 0 Å². The Morgan fingerprint density at radius 1 is 0.873 bits per heavy atom. The molecule has 0 aliphatic carbocycles. The minimum atomic E-state index is -4.60. The van der Waals surface area contributed by atoms with E-state index in [4.69, 9.17) is 14.2 Å². The van der Waals surface area contributed by atoms with Crippen LogP contribution in [0.4, 0.5) is 5.95 Å². The number of imidazole rings is 1. The number of aromatic nitrogens is 4. The van der Waals surface area contributed by atoms with Crippen LogP contribution in [0.1, 0.15) is 29.3 Å². The molecule has 2 atom stereocenters. The third kappa shape index (κ3) is 8.42. The maximum Gasteiger partial charge on any atom is 0.328 e. The SMILES string of the molecule is N#CCCOc1nc2cnc(NC(=O)COc3ccccc3)nc2n1[C@H]1CN(C(c2ccccc2)(c2ccccc2)c2ccccc2)C[C@@H](CP(=O)(O)O)O1. The Morgan fingerprint density at radius 3 is 2.02 bits per heavy atom. The number of fused-ring (bicyclic) bond motifs is 1. The highest BCUT2D eigenvalue weighted by Gasteiger charge is 2.47. The third-order valence-electron chi connectivity index (χ3n) is 9.14. The summed E-state index contributed by atoms with van der Waals surface area (Å²) in [5, 5.41) is 12.0. The van der Waals surface area contributed by atoms with Crippen molar-refractivity contribution in [3.05, 3.63) is 144 Å². The summed E-state index contributed by atoms with van der Waals surface area (Å²) in [6, 6.07) is 40.8. The van der Waals surface area contributed by atoms with E-state index in [0.717, 1.165) is 16.7 Å². The van der Waals surface area contributed by atoms with Gasteiger partial charge < -0.3 is 24.0 Å². The van der Waals surface area contributed by atoms with Crippen LogP contribution in [-0.4, -0.2) is 78.7 Å². The van der Waals surface area contributed by atoms with Gasteiger partial charge in [0.25, 0.3) is 5.91 Å². The average Bonchev–Trinajstić information content (AvgIpc) is 3.56. The first-order valence-corrected chi connectivity index (χ1v) is 19.4. The Balaban J connectivity index is 1.35. The van der Waals surface area contributed by atoms with E-state index in [-0.39, 0.29) is 50.3 Å². The lowest BCUT2D eigenvalue weighted by Crippen LogP contribution is -2.57.